The Hall–Kier alpha value is -2.61. The normalized spacial score (nSPS) is 12.2. The third-order valence-electron chi connectivity index (χ3n) is 3.87. The van der Waals surface area contributed by atoms with Crippen LogP contribution in [0.1, 0.15) is 28.4 Å². The average molecular weight is 374 g/mol. The third kappa shape index (κ3) is 3.65. The number of aryl methyl sites for hydroxylation is 2. The summed E-state index contributed by atoms with van der Waals surface area (Å²) >= 11 is 1.12. The lowest BCUT2D eigenvalue weighted by molar-refractivity contribution is 0.0990. The number of thioether (sulfide) groups is 1. The van der Waals surface area contributed by atoms with E-state index in [1.165, 1.54) is 0 Å². The van der Waals surface area contributed by atoms with E-state index in [2.05, 4.69) is 15.5 Å². The number of rotatable bonds is 5. The number of carbonyl (C=O) groups is 1. The van der Waals surface area contributed by atoms with Crippen LogP contribution < -0.4 is 0 Å². The van der Waals surface area contributed by atoms with E-state index in [1.807, 2.05) is 32.0 Å². The summed E-state index contributed by atoms with van der Waals surface area (Å²) in [5.74, 6) is -2.06. The number of halogens is 2. The van der Waals surface area contributed by atoms with E-state index in [4.69, 9.17) is 0 Å². The monoisotopic (exact) mass is 374 g/mol. The Morgan fingerprint density at radius 3 is 2.62 bits per heavy atom. The first-order valence-electron chi connectivity index (χ1n) is 7.88. The minimum atomic E-state index is -0.878. The van der Waals surface area contributed by atoms with Crippen molar-refractivity contribution in [2.24, 2.45) is 0 Å². The van der Waals surface area contributed by atoms with E-state index in [0.717, 1.165) is 40.7 Å². The highest BCUT2D eigenvalue weighted by atomic mass is 32.2. The number of benzene rings is 2. The predicted octanol–water partition coefficient (Wildman–Crippen LogP) is 3.92. The third-order valence-corrected chi connectivity index (χ3v) is 4.90. The lowest BCUT2D eigenvalue weighted by atomic mass is 10.1. The fraction of sp³-hybridized carbons (Fsp3) is 0.222. The van der Waals surface area contributed by atoms with Crippen molar-refractivity contribution in [2.45, 2.75) is 31.2 Å². The molecular weight excluding hydrogens is 358 g/mol. The Morgan fingerprint density at radius 2 is 1.92 bits per heavy atom. The van der Waals surface area contributed by atoms with Gasteiger partial charge in [-0.05, 0) is 55.0 Å². The molecule has 0 radical (unpaired) electrons. The molecule has 1 aromatic heterocycles. The second-order valence-corrected chi connectivity index (χ2v) is 7.22. The molecule has 0 N–H and O–H groups in total. The number of tetrazole rings is 1. The van der Waals surface area contributed by atoms with Gasteiger partial charge in [0.15, 0.2) is 5.78 Å². The van der Waals surface area contributed by atoms with Crippen LogP contribution in [0.15, 0.2) is 41.6 Å². The van der Waals surface area contributed by atoms with Crippen LogP contribution in [0.4, 0.5) is 8.78 Å². The van der Waals surface area contributed by atoms with Crippen molar-refractivity contribution in [2.75, 3.05) is 0 Å². The molecule has 3 rings (SSSR count). The Morgan fingerprint density at radius 1 is 1.15 bits per heavy atom. The Bertz CT molecular complexity index is 974. The van der Waals surface area contributed by atoms with E-state index < -0.39 is 22.7 Å². The van der Waals surface area contributed by atoms with Gasteiger partial charge in [0.25, 0.3) is 0 Å². The van der Waals surface area contributed by atoms with Crippen LogP contribution >= 0.6 is 11.8 Å². The summed E-state index contributed by atoms with van der Waals surface area (Å²) in [6.07, 6.45) is 0. The van der Waals surface area contributed by atoms with Gasteiger partial charge < -0.3 is 0 Å². The molecule has 0 saturated heterocycles. The van der Waals surface area contributed by atoms with Crippen molar-refractivity contribution >= 4 is 17.5 Å². The van der Waals surface area contributed by atoms with Gasteiger partial charge in [-0.25, -0.2) is 8.78 Å². The number of hydrogen-bond donors (Lipinski definition) is 0. The second-order valence-electron chi connectivity index (χ2n) is 5.91. The van der Waals surface area contributed by atoms with Crippen molar-refractivity contribution in [3.8, 4) is 5.69 Å². The molecular formula is C18H16F2N4OS. The van der Waals surface area contributed by atoms with Crippen molar-refractivity contribution in [1.82, 2.24) is 20.2 Å². The molecule has 0 saturated carbocycles. The highest BCUT2D eigenvalue weighted by Crippen LogP contribution is 2.27. The molecule has 0 bridgehead atoms. The molecule has 0 aliphatic heterocycles. The number of nitrogens with zero attached hydrogens (tertiary/aromatic N) is 4. The Labute approximate surface area is 153 Å². The first-order chi connectivity index (χ1) is 12.4. The van der Waals surface area contributed by atoms with E-state index in [9.17, 15) is 13.6 Å². The van der Waals surface area contributed by atoms with E-state index in [1.54, 1.807) is 11.6 Å². The van der Waals surface area contributed by atoms with Crippen molar-refractivity contribution in [3.63, 3.8) is 0 Å². The lowest BCUT2D eigenvalue weighted by Gasteiger charge is -2.12. The van der Waals surface area contributed by atoms with Gasteiger partial charge >= 0.3 is 0 Å². The van der Waals surface area contributed by atoms with Crippen molar-refractivity contribution in [3.05, 3.63) is 64.7 Å². The van der Waals surface area contributed by atoms with Gasteiger partial charge in [-0.2, -0.15) is 4.68 Å². The summed E-state index contributed by atoms with van der Waals surface area (Å²) in [6, 6.07) is 8.76. The SMILES string of the molecule is Cc1ccc(-n2nnnc2SC(C)C(=O)c2ccc(F)cc2F)c(C)c1. The number of carbonyl (C=O) groups excluding carboxylic acids is 1. The summed E-state index contributed by atoms with van der Waals surface area (Å²) in [5.41, 5.74) is 2.75. The summed E-state index contributed by atoms with van der Waals surface area (Å²) in [5, 5.41) is 11.4. The molecule has 134 valence electrons. The number of ketones is 1. The lowest BCUT2D eigenvalue weighted by Crippen LogP contribution is -2.16. The molecule has 1 heterocycles. The number of aromatic nitrogens is 4. The quantitative estimate of drug-likeness (QED) is 0.500. The van der Waals surface area contributed by atoms with E-state index in [0.29, 0.717) is 11.2 Å². The van der Waals surface area contributed by atoms with Gasteiger partial charge in [-0.1, -0.05) is 29.5 Å². The smallest absolute Gasteiger partial charge is 0.214 e. The van der Waals surface area contributed by atoms with Gasteiger partial charge in [-0.3, -0.25) is 4.79 Å². The van der Waals surface area contributed by atoms with Gasteiger partial charge in [0.1, 0.15) is 11.6 Å². The predicted molar refractivity (Wildman–Crippen MR) is 94.6 cm³/mol. The van der Waals surface area contributed by atoms with Crippen LogP contribution in [-0.4, -0.2) is 31.2 Å². The van der Waals surface area contributed by atoms with Crippen molar-refractivity contribution < 1.29 is 13.6 Å². The van der Waals surface area contributed by atoms with E-state index in [-0.39, 0.29) is 5.56 Å². The van der Waals surface area contributed by atoms with Crippen LogP contribution in [0.5, 0.6) is 0 Å². The van der Waals surface area contributed by atoms with E-state index >= 15 is 0 Å². The van der Waals surface area contributed by atoms with Crippen molar-refractivity contribution in [1.29, 1.82) is 0 Å². The fourth-order valence-corrected chi connectivity index (χ4v) is 3.44. The molecule has 1 atom stereocenters. The highest BCUT2D eigenvalue weighted by molar-refractivity contribution is 8.00. The molecule has 0 spiro atoms. The molecule has 0 aliphatic carbocycles. The molecule has 8 heteroatoms. The fourth-order valence-electron chi connectivity index (χ4n) is 2.57. The van der Waals surface area contributed by atoms with Gasteiger partial charge in [0.2, 0.25) is 5.16 Å². The molecule has 5 nitrogen and oxygen atoms in total. The summed E-state index contributed by atoms with van der Waals surface area (Å²) in [6.45, 7) is 5.57. The van der Waals surface area contributed by atoms with Gasteiger partial charge in [0, 0.05) is 6.07 Å². The maximum Gasteiger partial charge on any atom is 0.214 e. The first kappa shape index (κ1) is 18.2. The number of Topliss-reactive ketones (excluding diaryl/α,β-unsaturated/α-hetero) is 1. The topological polar surface area (TPSA) is 60.7 Å². The number of hydrogen-bond acceptors (Lipinski definition) is 5. The largest absolute Gasteiger partial charge is 0.293 e. The van der Waals surface area contributed by atoms with Crippen LogP contribution in [0.3, 0.4) is 0 Å². The molecule has 0 aliphatic rings. The molecule has 3 aromatic rings. The Kier molecular flexibility index (Phi) is 5.13. The summed E-state index contributed by atoms with van der Waals surface area (Å²) in [4.78, 5) is 12.5. The molecule has 0 fully saturated rings. The summed E-state index contributed by atoms with van der Waals surface area (Å²) in [7, 11) is 0. The standard InChI is InChI=1S/C18H16F2N4OS/c1-10-4-7-16(11(2)8-10)24-18(21-22-23-24)26-12(3)17(25)14-6-5-13(19)9-15(14)20/h4-9,12H,1-3H3. The zero-order valence-electron chi connectivity index (χ0n) is 14.4. The summed E-state index contributed by atoms with van der Waals surface area (Å²) < 4.78 is 28.4. The van der Waals surface area contributed by atoms with Crippen LogP contribution in [0, 0.1) is 25.5 Å². The van der Waals surface area contributed by atoms with Gasteiger partial charge in [0.05, 0.1) is 16.5 Å². The zero-order valence-corrected chi connectivity index (χ0v) is 15.2. The van der Waals surface area contributed by atoms with Gasteiger partial charge in [-0.15, -0.1) is 5.10 Å². The zero-order chi connectivity index (χ0) is 18.8. The highest BCUT2D eigenvalue weighted by Gasteiger charge is 2.23. The van der Waals surface area contributed by atoms with Crippen LogP contribution in [0.2, 0.25) is 0 Å². The average Bonchev–Trinajstić information content (AvgIpc) is 3.02. The maximum atomic E-state index is 13.9. The molecule has 2 aromatic carbocycles. The minimum Gasteiger partial charge on any atom is -0.293 e. The molecule has 26 heavy (non-hydrogen) atoms. The minimum absolute atomic E-state index is 0.156. The molecule has 1 unspecified atom stereocenters. The maximum absolute atomic E-state index is 13.9. The molecule has 0 amide bonds. The second kappa shape index (κ2) is 7.33. The van der Waals surface area contributed by atoms with Crippen LogP contribution in [-0.2, 0) is 0 Å². The first-order valence-corrected chi connectivity index (χ1v) is 8.76. The Balaban J connectivity index is 1.86. The van der Waals surface area contributed by atoms with Crippen LogP contribution in [0.25, 0.3) is 5.69 Å².